The van der Waals surface area contributed by atoms with E-state index >= 15 is 0 Å². The predicted octanol–water partition coefficient (Wildman–Crippen LogP) is 2.74. The van der Waals surface area contributed by atoms with Gasteiger partial charge in [0.1, 0.15) is 0 Å². The van der Waals surface area contributed by atoms with Gasteiger partial charge in [0.05, 0.1) is 11.8 Å². The maximum Gasteiger partial charge on any atom is 0.211 e. The fourth-order valence-electron chi connectivity index (χ4n) is 3.00. The van der Waals surface area contributed by atoms with Crippen molar-refractivity contribution in [3.05, 3.63) is 81.4 Å². The lowest BCUT2D eigenvalue weighted by Gasteiger charge is -2.18. The van der Waals surface area contributed by atoms with Crippen LogP contribution in [-0.2, 0) is 0 Å². The molecule has 0 aliphatic heterocycles. The lowest BCUT2D eigenvalue weighted by atomic mass is 9.83. The average Bonchev–Trinajstić information content (AvgIpc) is 2.78. The fourth-order valence-corrected chi connectivity index (χ4v) is 3.00. The Balaban J connectivity index is 2.05. The fraction of sp³-hybridized carbons (Fsp3) is 0.176. The van der Waals surface area contributed by atoms with Crippen molar-refractivity contribution in [1.29, 1.82) is 0 Å². The van der Waals surface area contributed by atoms with Crippen molar-refractivity contribution < 1.29 is 14.5 Å². The second-order valence-electron chi connectivity index (χ2n) is 5.28. The molecule has 5 nitrogen and oxygen atoms in total. The first-order chi connectivity index (χ1) is 10.6. The summed E-state index contributed by atoms with van der Waals surface area (Å²) >= 11 is 0. The van der Waals surface area contributed by atoms with Crippen LogP contribution in [0.2, 0.25) is 0 Å². The van der Waals surface area contributed by atoms with Gasteiger partial charge in [0, 0.05) is 16.1 Å². The van der Waals surface area contributed by atoms with Gasteiger partial charge in [-0.3, -0.25) is 19.7 Å². The first-order valence-corrected chi connectivity index (χ1v) is 6.94. The van der Waals surface area contributed by atoms with Crippen molar-refractivity contribution in [1.82, 2.24) is 0 Å². The van der Waals surface area contributed by atoms with Gasteiger partial charge in [-0.1, -0.05) is 54.6 Å². The summed E-state index contributed by atoms with van der Waals surface area (Å²) in [5, 5.41) is 11.0. The zero-order valence-electron chi connectivity index (χ0n) is 11.6. The van der Waals surface area contributed by atoms with Crippen LogP contribution in [0, 0.1) is 16.0 Å². The molecule has 3 rings (SSSR count). The molecular formula is C17H13NO4. The third-order valence-corrected chi connectivity index (χ3v) is 4.00. The van der Waals surface area contributed by atoms with E-state index < -0.39 is 23.3 Å². The van der Waals surface area contributed by atoms with Gasteiger partial charge in [0.2, 0.25) is 6.54 Å². The molecule has 0 heterocycles. The van der Waals surface area contributed by atoms with E-state index in [0.29, 0.717) is 16.7 Å². The molecule has 2 aromatic carbocycles. The van der Waals surface area contributed by atoms with Crippen molar-refractivity contribution in [3.8, 4) is 0 Å². The molecule has 0 bridgehead atoms. The molecule has 110 valence electrons. The van der Waals surface area contributed by atoms with Crippen LogP contribution in [0.1, 0.15) is 32.2 Å². The average molecular weight is 295 g/mol. The van der Waals surface area contributed by atoms with Gasteiger partial charge in [-0.25, -0.2) is 0 Å². The number of ketones is 2. The minimum absolute atomic E-state index is 0.323. The molecule has 0 spiro atoms. The highest BCUT2D eigenvalue weighted by molar-refractivity contribution is 6.26. The Morgan fingerprint density at radius 2 is 1.41 bits per heavy atom. The highest BCUT2D eigenvalue weighted by Crippen LogP contribution is 2.36. The number of nitro groups is 1. The zero-order chi connectivity index (χ0) is 15.7. The van der Waals surface area contributed by atoms with Gasteiger partial charge in [0.15, 0.2) is 11.6 Å². The van der Waals surface area contributed by atoms with Gasteiger partial charge in [-0.15, -0.1) is 0 Å². The molecule has 22 heavy (non-hydrogen) atoms. The van der Waals surface area contributed by atoms with Crippen molar-refractivity contribution in [2.75, 3.05) is 6.54 Å². The van der Waals surface area contributed by atoms with E-state index in [0.717, 1.165) is 0 Å². The molecule has 0 N–H and O–H groups in total. The maximum atomic E-state index is 12.6. The van der Waals surface area contributed by atoms with E-state index in [4.69, 9.17) is 0 Å². The van der Waals surface area contributed by atoms with Crippen molar-refractivity contribution in [2.24, 2.45) is 5.92 Å². The van der Waals surface area contributed by atoms with Crippen LogP contribution in [0.4, 0.5) is 0 Å². The van der Waals surface area contributed by atoms with Crippen LogP contribution >= 0.6 is 0 Å². The normalized spacial score (nSPS) is 15.6. The van der Waals surface area contributed by atoms with E-state index in [1.807, 2.05) is 0 Å². The molecule has 1 aliphatic carbocycles. The summed E-state index contributed by atoms with van der Waals surface area (Å²) in [6, 6.07) is 15.3. The summed E-state index contributed by atoms with van der Waals surface area (Å²) in [6.07, 6.45) is 0. The molecule has 2 aromatic rings. The summed E-state index contributed by atoms with van der Waals surface area (Å²) in [4.78, 5) is 35.7. The Labute approximate surface area is 126 Å². The van der Waals surface area contributed by atoms with E-state index in [9.17, 15) is 19.7 Å². The summed E-state index contributed by atoms with van der Waals surface area (Å²) in [5.41, 5.74) is 1.36. The number of nitrogens with zero attached hydrogens (tertiary/aromatic N) is 1. The Morgan fingerprint density at radius 3 is 1.91 bits per heavy atom. The lowest BCUT2D eigenvalue weighted by Crippen LogP contribution is -2.29. The molecule has 5 heteroatoms. The SMILES string of the molecule is O=C1c2ccccc2C(=O)C1C(C[N+](=O)[O-])c1ccccc1. The second kappa shape index (κ2) is 5.52. The van der Waals surface area contributed by atoms with Crippen LogP contribution < -0.4 is 0 Å². The summed E-state index contributed by atoms with van der Waals surface area (Å²) in [5.74, 6) is -2.40. The van der Waals surface area contributed by atoms with Crippen LogP contribution in [0.3, 0.4) is 0 Å². The molecule has 0 fully saturated rings. The van der Waals surface area contributed by atoms with Crippen molar-refractivity contribution >= 4 is 11.6 Å². The van der Waals surface area contributed by atoms with E-state index in [1.165, 1.54) is 0 Å². The van der Waals surface area contributed by atoms with Crippen molar-refractivity contribution in [3.63, 3.8) is 0 Å². The number of carbonyl (C=O) groups is 2. The standard InChI is InChI=1S/C17H13NO4/c19-16-12-8-4-5-9-13(12)17(20)15(16)14(10-18(21)22)11-6-2-1-3-7-11/h1-9,14-15H,10H2. The molecule has 0 saturated heterocycles. The van der Waals surface area contributed by atoms with E-state index in [1.54, 1.807) is 54.6 Å². The predicted molar refractivity (Wildman–Crippen MR) is 79.6 cm³/mol. The van der Waals surface area contributed by atoms with Crippen LogP contribution in [0.15, 0.2) is 54.6 Å². The Morgan fingerprint density at radius 1 is 0.909 bits per heavy atom. The highest BCUT2D eigenvalue weighted by Gasteiger charge is 2.45. The molecule has 1 aliphatic rings. The van der Waals surface area contributed by atoms with Gasteiger partial charge in [-0.2, -0.15) is 0 Å². The maximum absolute atomic E-state index is 12.6. The number of fused-ring (bicyclic) bond motifs is 1. The molecule has 1 unspecified atom stereocenters. The third kappa shape index (κ3) is 2.30. The number of carbonyl (C=O) groups excluding carboxylic acids is 2. The highest BCUT2D eigenvalue weighted by atomic mass is 16.6. The molecule has 0 radical (unpaired) electrons. The largest absolute Gasteiger partial charge is 0.293 e. The first-order valence-electron chi connectivity index (χ1n) is 6.94. The Hall–Kier alpha value is -2.82. The molecule has 0 aromatic heterocycles. The monoisotopic (exact) mass is 295 g/mol. The minimum Gasteiger partial charge on any atom is -0.293 e. The lowest BCUT2D eigenvalue weighted by molar-refractivity contribution is -0.484. The second-order valence-corrected chi connectivity index (χ2v) is 5.28. The Bertz CT molecular complexity index is 719. The Kier molecular flexibility index (Phi) is 3.55. The quantitative estimate of drug-likeness (QED) is 0.493. The zero-order valence-corrected chi connectivity index (χ0v) is 11.6. The van der Waals surface area contributed by atoms with Crippen LogP contribution in [0.25, 0.3) is 0 Å². The number of hydrogen-bond acceptors (Lipinski definition) is 4. The third-order valence-electron chi connectivity index (χ3n) is 4.00. The number of hydrogen-bond donors (Lipinski definition) is 0. The number of benzene rings is 2. The minimum atomic E-state index is -1.01. The van der Waals surface area contributed by atoms with Gasteiger partial charge >= 0.3 is 0 Å². The van der Waals surface area contributed by atoms with Crippen molar-refractivity contribution in [2.45, 2.75) is 5.92 Å². The molecule has 1 atom stereocenters. The summed E-state index contributed by atoms with van der Waals surface area (Å²) in [6.45, 7) is -0.444. The van der Waals surface area contributed by atoms with Crippen LogP contribution in [-0.4, -0.2) is 23.0 Å². The van der Waals surface area contributed by atoms with Gasteiger partial charge in [0.25, 0.3) is 0 Å². The van der Waals surface area contributed by atoms with Gasteiger partial charge in [-0.05, 0) is 5.56 Å². The topological polar surface area (TPSA) is 77.3 Å². The van der Waals surface area contributed by atoms with E-state index in [-0.39, 0.29) is 11.6 Å². The number of Topliss-reactive ketones (excluding diaryl/α,β-unsaturated/α-hetero) is 2. The molecular weight excluding hydrogens is 282 g/mol. The summed E-state index contributed by atoms with van der Waals surface area (Å²) < 4.78 is 0. The van der Waals surface area contributed by atoms with Crippen LogP contribution in [0.5, 0.6) is 0 Å². The number of rotatable bonds is 4. The smallest absolute Gasteiger partial charge is 0.211 e. The first kappa shape index (κ1) is 14.1. The molecule has 0 saturated carbocycles. The molecule has 0 amide bonds. The van der Waals surface area contributed by atoms with E-state index in [2.05, 4.69) is 0 Å². The summed E-state index contributed by atoms with van der Waals surface area (Å²) in [7, 11) is 0. The van der Waals surface area contributed by atoms with Gasteiger partial charge < -0.3 is 0 Å².